The summed E-state index contributed by atoms with van der Waals surface area (Å²) in [5.41, 5.74) is 5.52. The number of halogens is 1. The number of Topliss-reactive ketones (excluding diaryl/α,β-unsaturated/α-hetero) is 1. The molecule has 0 N–H and O–H groups in total. The van der Waals surface area contributed by atoms with Crippen LogP contribution in [-0.4, -0.2) is 11.7 Å². The van der Waals surface area contributed by atoms with Crippen LogP contribution in [0.4, 0.5) is 5.69 Å². The first-order valence-electron chi connectivity index (χ1n) is 10.6. The highest BCUT2D eigenvalue weighted by molar-refractivity contribution is 6.31. The van der Waals surface area contributed by atoms with E-state index in [0.717, 1.165) is 34.5 Å². The Morgan fingerprint density at radius 1 is 1.07 bits per heavy atom. The fourth-order valence-electron chi connectivity index (χ4n) is 4.79. The van der Waals surface area contributed by atoms with E-state index < -0.39 is 0 Å². The molecule has 2 aromatic rings. The quantitative estimate of drug-likeness (QED) is 0.577. The minimum atomic E-state index is -0.186. The lowest BCUT2D eigenvalue weighted by Crippen LogP contribution is -2.44. The Balaban J connectivity index is 1.90. The molecule has 2 aliphatic rings. The molecule has 3 nitrogen and oxygen atoms in total. The molecule has 156 valence electrons. The summed E-state index contributed by atoms with van der Waals surface area (Å²) in [6.45, 7) is 8.30. The second-order valence-corrected chi connectivity index (χ2v) is 9.75. The number of amides is 1. The molecule has 0 radical (unpaired) electrons. The third-order valence-corrected chi connectivity index (χ3v) is 6.58. The number of nitrogens with zero attached hydrogens (tertiary/aromatic N) is 1. The third kappa shape index (κ3) is 3.72. The van der Waals surface area contributed by atoms with Gasteiger partial charge >= 0.3 is 0 Å². The van der Waals surface area contributed by atoms with Gasteiger partial charge in [0.1, 0.15) is 0 Å². The van der Waals surface area contributed by atoms with Crippen LogP contribution in [0.3, 0.4) is 0 Å². The third-order valence-electron chi connectivity index (χ3n) is 6.35. The lowest BCUT2D eigenvalue weighted by molar-refractivity contribution is -0.121. The summed E-state index contributed by atoms with van der Waals surface area (Å²) in [6.07, 6.45) is 2.45. The fraction of sp³-hybridized carbons (Fsp3) is 0.385. The Hall–Kier alpha value is -2.39. The van der Waals surface area contributed by atoms with Gasteiger partial charge in [-0.05, 0) is 54.0 Å². The lowest BCUT2D eigenvalue weighted by atomic mass is 9.69. The van der Waals surface area contributed by atoms with Crippen molar-refractivity contribution >= 4 is 29.0 Å². The van der Waals surface area contributed by atoms with Crippen molar-refractivity contribution in [3.05, 3.63) is 75.4 Å². The van der Waals surface area contributed by atoms with Gasteiger partial charge in [-0.1, -0.05) is 62.7 Å². The van der Waals surface area contributed by atoms with Gasteiger partial charge in [-0.15, -0.1) is 0 Å². The van der Waals surface area contributed by atoms with Gasteiger partial charge in [-0.25, -0.2) is 0 Å². The van der Waals surface area contributed by atoms with Gasteiger partial charge in [0.05, 0.1) is 5.69 Å². The van der Waals surface area contributed by atoms with Crippen molar-refractivity contribution in [2.45, 2.75) is 59.3 Å². The fourth-order valence-corrected chi connectivity index (χ4v) is 4.95. The van der Waals surface area contributed by atoms with Crippen molar-refractivity contribution in [1.82, 2.24) is 0 Å². The Morgan fingerprint density at radius 2 is 1.77 bits per heavy atom. The summed E-state index contributed by atoms with van der Waals surface area (Å²) in [7, 11) is 0. The van der Waals surface area contributed by atoms with E-state index in [-0.39, 0.29) is 23.0 Å². The van der Waals surface area contributed by atoms with E-state index in [4.69, 9.17) is 11.6 Å². The molecular weight excluding hydrogens is 394 g/mol. The molecule has 4 rings (SSSR count). The minimum Gasteiger partial charge on any atom is -0.294 e. The average Bonchev–Trinajstić information content (AvgIpc) is 2.68. The van der Waals surface area contributed by atoms with E-state index in [0.29, 0.717) is 24.3 Å². The van der Waals surface area contributed by atoms with E-state index in [1.165, 1.54) is 5.56 Å². The Kier molecular flexibility index (Phi) is 5.36. The lowest BCUT2D eigenvalue weighted by Gasteiger charge is -2.43. The molecule has 1 atom stereocenters. The van der Waals surface area contributed by atoms with Crippen LogP contribution >= 0.6 is 11.6 Å². The topological polar surface area (TPSA) is 37.4 Å². The number of rotatable bonds is 3. The van der Waals surface area contributed by atoms with Crippen molar-refractivity contribution in [2.24, 2.45) is 5.41 Å². The molecule has 1 aliphatic carbocycles. The smallest absolute Gasteiger partial charge is 0.232 e. The predicted octanol–water partition coefficient (Wildman–Crippen LogP) is 6.37. The van der Waals surface area contributed by atoms with Crippen molar-refractivity contribution < 1.29 is 9.59 Å². The summed E-state index contributed by atoms with van der Waals surface area (Å²) in [5, 5.41) is 0.587. The van der Waals surface area contributed by atoms with Crippen LogP contribution in [0.5, 0.6) is 0 Å². The van der Waals surface area contributed by atoms with Gasteiger partial charge in [0.25, 0.3) is 0 Å². The van der Waals surface area contributed by atoms with Gasteiger partial charge in [0, 0.05) is 35.1 Å². The van der Waals surface area contributed by atoms with Gasteiger partial charge < -0.3 is 0 Å². The number of carbonyl (C=O) groups is 2. The second kappa shape index (κ2) is 7.70. The number of carbonyl (C=O) groups excluding carboxylic acids is 2. The van der Waals surface area contributed by atoms with Crippen LogP contribution in [0, 0.1) is 12.3 Å². The Bertz CT molecular complexity index is 1050. The zero-order valence-electron chi connectivity index (χ0n) is 18.1. The van der Waals surface area contributed by atoms with Gasteiger partial charge in [-0.2, -0.15) is 0 Å². The highest BCUT2D eigenvalue weighted by Crippen LogP contribution is 2.48. The van der Waals surface area contributed by atoms with E-state index >= 15 is 0 Å². The molecule has 0 aromatic heterocycles. The standard InChI is InChI=1S/C26H28ClNO2/c1-5-17-7-9-18(10-8-17)20-13-24(30)28(21-12-19(27)11-6-16(21)2)22-14-26(3,4)15-23(29)25(20)22/h6-12,20H,5,13-15H2,1-4H3. The molecule has 1 heterocycles. The molecule has 1 amide bonds. The highest BCUT2D eigenvalue weighted by atomic mass is 35.5. The predicted molar refractivity (Wildman–Crippen MR) is 122 cm³/mol. The van der Waals surface area contributed by atoms with Gasteiger partial charge in [0.15, 0.2) is 5.78 Å². The zero-order chi connectivity index (χ0) is 21.6. The summed E-state index contributed by atoms with van der Waals surface area (Å²) in [5.74, 6) is -0.00469. The normalized spacial score (nSPS) is 21.1. The molecule has 0 spiro atoms. The molecule has 1 aliphatic heterocycles. The first kappa shape index (κ1) is 20.9. The first-order chi connectivity index (χ1) is 14.2. The molecule has 2 aromatic carbocycles. The van der Waals surface area contributed by atoms with Crippen molar-refractivity contribution in [1.29, 1.82) is 0 Å². The molecule has 4 heteroatoms. The number of hydrogen-bond donors (Lipinski definition) is 0. The number of ketones is 1. The number of allylic oxidation sites excluding steroid dienone is 2. The maximum atomic E-state index is 13.5. The van der Waals surface area contributed by atoms with Crippen LogP contribution in [0.15, 0.2) is 53.7 Å². The average molecular weight is 422 g/mol. The van der Waals surface area contributed by atoms with Gasteiger partial charge in [-0.3, -0.25) is 14.5 Å². The molecular formula is C26H28ClNO2. The highest BCUT2D eigenvalue weighted by Gasteiger charge is 2.44. The number of anilines is 1. The SMILES string of the molecule is CCc1ccc(C2CC(=O)N(c3cc(Cl)ccc3C)C3=C2C(=O)CC(C)(C)C3)cc1. The van der Waals surface area contributed by atoms with Gasteiger partial charge in [0.2, 0.25) is 5.91 Å². The van der Waals surface area contributed by atoms with Crippen LogP contribution in [0.2, 0.25) is 5.02 Å². The van der Waals surface area contributed by atoms with E-state index in [1.807, 2.05) is 25.1 Å². The number of aryl methyl sites for hydroxylation is 2. The Labute approximate surface area is 183 Å². The Morgan fingerprint density at radius 3 is 2.43 bits per heavy atom. The minimum absolute atomic E-state index is 0.0224. The number of benzene rings is 2. The first-order valence-corrected chi connectivity index (χ1v) is 11.0. The summed E-state index contributed by atoms with van der Waals surface area (Å²) >= 11 is 6.28. The van der Waals surface area contributed by atoms with E-state index in [1.54, 1.807) is 4.90 Å². The van der Waals surface area contributed by atoms with Crippen LogP contribution in [0.25, 0.3) is 0 Å². The largest absolute Gasteiger partial charge is 0.294 e. The maximum Gasteiger partial charge on any atom is 0.232 e. The molecule has 0 saturated carbocycles. The van der Waals surface area contributed by atoms with Crippen LogP contribution in [0.1, 0.15) is 62.6 Å². The molecule has 0 bridgehead atoms. The maximum absolute atomic E-state index is 13.5. The van der Waals surface area contributed by atoms with E-state index in [9.17, 15) is 9.59 Å². The molecule has 30 heavy (non-hydrogen) atoms. The molecule has 1 unspecified atom stereocenters. The second-order valence-electron chi connectivity index (χ2n) is 9.31. The molecule has 0 fully saturated rings. The van der Waals surface area contributed by atoms with Crippen LogP contribution in [-0.2, 0) is 16.0 Å². The number of hydrogen-bond acceptors (Lipinski definition) is 2. The van der Waals surface area contributed by atoms with Crippen LogP contribution < -0.4 is 4.90 Å². The van der Waals surface area contributed by atoms with E-state index in [2.05, 4.69) is 45.0 Å². The van der Waals surface area contributed by atoms with Crippen molar-refractivity contribution in [3.8, 4) is 0 Å². The summed E-state index contributed by atoms with van der Waals surface area (Å²) in [4.78, 5) is 28.6. The summed E-state index contributed by atoms with van der Waals surface area (Å²) in [6, 6.07) is 14.0. The van der Waals surface area contributed by atoms with Crippen molar-refractivity contribution in [2.75, 3.05) is 4.90 Å². The summed E-state index contributed by atoms with van der Waals surface area (Å²) < 4.78 is 0. The van der Waals surface area contributed by atoms with Crippen molar-refractivity contribution in [3.63, 3.8) is 0 Å². The monoisotopic (exact) mass is 421 g/mol. The molecule has 0 saturated heterocycles. The zero-order valence-corrected chi connectivity index (χ0v) is 18.8.